The molecule has 184 valence electrons. The quantitative estimate of drug-likeness (QED) is 0.238. The van der Waals surface area contributed by atoms with E-state index in [2.05, 4.69) is 20.8 Å². The highest BCUT2D eigenvalue weighted by Gasteiger charge is 2.30. The fraction of sp³-hybridized carbons (Fsp3) is 0.217. The molecule has 0 aliphatic rings. The van der Waals surface area contributed by atoms with Crippen molar-refractivity contribution in [3.63, 3.8) is 0 Å². The van der Waals surface area contributed by atoms with Gasteiger partial charge in [-0.3, -0.25) is 4.79 Å². The van der Waals surface area contributed by atoms with E-state index in [9.17, 15) is 22.8 Å². The summed E-state index contributed by atoms with van der Waals surface area (Å²) in [6.07, 6.45) is -3.06. The molecule has 35 heavy (non-hydrogen) atoms. The number of ether oxygens (including phenoxy) is 2. The summed E-state index contributed by atoms with van der Waals surface area (Å²) in [6, 6.07) is 11.5. The van der Waals surface area contributed by atoms with Gasteiger partial charge in [-0.25, -0.2) is 15.2 Å². The zero-order chi connectivity index (χ0) is 25.3. The zero-order valence-electron chi connectivity index (χ0n) is 18.5. The molecule has 1 aromatic heterocycles. The van der Waals surface area contributed by atoms with E-state index in [0.29, 0.717) is 22.1 Å². The Balaban J connectivity index is 1.46. The molecule has 0 spiro atoms. The standard InChI is InChI=1S/C23H21F3N4O4S/c1-2-33-21(32)13-34-19-8-6-15(7-9-19)12-27-30-20(31)11-18-14-35-22(29-18)28-17-5-3-4-16(10-17)23(24,25)26/h3-10,12,14H,2,11,13H2,1H3,(H,28,29)(H,30,31)/b27-12-. The Morgan fingerprint density at radius 3 is 2.66 bits per heavy atom. The molecule has 0 aliphatic carbocycles. The fourth-order valence-corrected chi connectivity index (χ4v) is 3.45. The number of benzene rings is 2. The molecular weight excluding hydrogens is 485 g/mol. The first-order valence-corrected chi connectivity index (χ1v) is 11.2. The van der Waals surface area contributed by atoms with Crippen molar-refractivity contribution in [1.29, 1.82) is 0 Å². The van der Waals surface area contributed by atoms with Gasteiger partial charge in [-0.15, -0.1) is 11.3 Å². The van der Waals surface area contributed by atoms with Crippen molar-refractivity contribution < 1.29 is 32.2 Å². The van der Waals surface area contributed by atoms with Crippen molar-refractivity contribution >= 4 is 40.2 Å². The van der Waals surface area contributed by atoms with E-state index in [1.165, 1.54) is 29.7 Å². The Bertz CT molecular complexity index is 1180. The summed E-state index contributed by atoms with van der Waals surface area (Å²) in [6.45, 7) is 1.80. The second-order valence-electron chi connectivity index (χ2n) is 6.98. The van der Waals surface area contributed by atoms with E-state index in [1.807, 2.05) is 0 Å². The summed E-state index contributed by atoms with van der Waals surface area (Å²) in [5.74, 6) is -0.386. The SMILES string of the molecule is CCOC(=O)COc1ccc(/C=N\NC(=O)Cc2csc(Nc3cccc(C(F)(F)F)c3)n2)cc1. The van der Waals surface area contributed by atoms with Gasteiger partial charge in [0, 0.05) is 11.1 Å². The van der Waals surface area contributed by atoms with E-state index in [1.54, 1.807) is 36.6 Å². The number of hydrogen-bond acceptors (Lipinski definition) is 8. The number of aromatic nitrogens is 1. The minimum Gasteiger partial charge on any atom is -0.482 e. The lowest BCUT2D eigenvalue weighted by atomic mass is 10.2. The van der Waals surface area contributed by atoms with Crippen molar-refractivity contribution in [2.24, 2.45) is 5.10 Å². The van der Waals surface area contributed by atoms with Gasteiger partial charge >= 0.3 is 12.1 Å². The largest absolute Gasteiger partial charge is 0.482 e. The van der Waals surface area contributed by atoms with E-state index in [4.69, 9.17) is 9.47 Å². The number of carbonyl (C=O) groups is 2. The van der Waals surface area contributed by atoms with Crippen LogP contribution in [-0.4, -0.2) is 36.3 Å². The molecule has 12 heteroatoms. The summed E-state index contributed by atoms with van der Waals surface area (Å²) in [4.78, 5) is 27.6. The monoisotopic (exact) mass is 506 g/mol. The average molecular weight is 507 g/mol. The van der Waals surface area contributed by atoms with Crippen molar-refractivity contribution in [3.8, 4) is 5.75 Å². The van der Waals surface area contributed by atoms with Crippen LogP contribution >= 0.6 is 11.3 Å². The predicted molar refractivity (Wildman–Crippen MR) is 125 cm³/mol. The molecule has 0 bridgehead atoms. The van der Waals surface area contributed by atoms with Gasteiger partial charge in [0.25, 0.3) is 0 Å². The van der Waals surface area contributed by atoms with Gasteiger partial charge in [-0.1, -0.05) is 6.07 Å². The molecule has 0 saturated heterocycles. The van der Waals surface area contributed by atoms with Gasteiger partial charge in [0.05, 0.1) is 30.5 Å². The number of hydrogen-bond donors (Lipinski definition) is 2. The van der Waals surface area contributed by atoms with Crippen molar-refractivity contribution in [3.05, 3.63) is 70.7 Å². The maximum atomic E-state index is 12.8. The summed E-state index contributed by atoms with van der Waals surface area (Å²) in [5.41, 5.74) is 3.00. The maximum Gasteiger partial charge on any atom is 0.416 e. The number of rotatable bonds is 10. The molecule has 1 amide bonds. The van der Waals surface area contributed by atoms with Gasteiger partial charge in [0.1, 0.15) is 5.75 Å². The summed E-state index contributed by atoms with van der Waals surface area (Å²) < 4.78 is 48.6. The second-order valence-corrected chi connectivity index (χ2v) is 7.84. The Hall–Kier alpha value is -3.93. The third kappa shape index (κ3) is 8.41. The number of halogens is 3. The molecule has 0 fully saturated rings. The number of nitrogens with zero attached hydrogens (tertiary/aromatic N) is 2. The number of thiazole rings is 1. The van der Waals surface area contributed by atoms with Gasteiger partial charge < -0.3 is 14.8 Å². The molecule has 1 heterocycles. The predicted octanol–water partition coefficient (Wildman–Crippen LogP) is 4.54. The maximum absolute atomic E-state index is 12.8. The third-order valence-electron chi connectivity index (χ3n) is 4.28. The number of amides is 1. The van der Waals surface area contributed by atoms with Gasteiger partial charge in [0.15, 0.2) is 11.7 Å². The second kappa shape index (κ2) is 12.0. The number of alkyl halides is 3. The molecule has 2 aromatic carbocycles. The minimum atomic E-state index is -4.44. The van der Waals surface area contributed by atoms with Crippen LogP contribution in [0.2, 0.25) is 0 Å². The van der Waals surface area contributed by atoms with Crippen LogP contribution in [0.25, 0.3) is 0 Å². The Morgan fingerprint density at radius 1 is 1.17 bits per heavy atom. The van der Waals surface area contributed by atoms with Crippen molar-refractivity contribution in [1.82, 2.24) is 10.4 Å². The summed E-state index contributed by atoms with van der Waals surface area (Å²) in [5, 5.41) is 8.69. The normalized spacial score (nSPS) is 11.3. The van der Waals surface area contributed by atoms with Crippen molar-refractivity contribution in [2.45, 2.75) is 19.5 Å². The van der Waals surface area contributed by atoms with Gasteiger partial charge in [0.2, 0.25) is 5.91 Å². The van der Waals surface area contributed by atoms with Crippen molar-refractivity contribution in [2.75, 3.05) is 18.5 Å². The van der Waals surface area contributed by atoms with Crippen LogP contribution in [0.15, 0.2) is 59.0 Å². The first kappa shape index (κ1) is 25.7. The first-order valence-electron chi connectivity index (χ1n) is 10.3. The molecule has 0 radical (unpaired) electrons. The Morgan fingerprint density at radius 2 is 1.94 bits per heavy atom. The number of hydrazone groups is 1. The molecular formula is C23H21F3N4O4S. The molecule has 2 N–H and O–H groups in total. The van der Waals surface area contributed by atoms with Crippen LogP contribution in [0.1, 0.15) is 23.7 Å². The van der Waals surface area contributed by atoms with Crippen LogP contribution in [0.4, 0.5) is 24.0 Å². The molecule has 3 aromatic rings. The van der Waals surface area contributed by atoms with E-state index < -0.39 is 23.6 Å². The highest BCUT2D eigenvalue weighted by molar-refractivity contribution is 7.13. The molecule has 0 unspecified atom stereocenters. The van der Waals surface area contributed by atoms with Gasteiger partial charge in [-0.2, -0.15) is 18.3 Å². The average Bonchev–Trinajstić information content (AvgIpc) is 3.25. The topological polar surface area (TPSA) is 102 Å². The number of esters is 1. The minimum absolute atomic E-state index is 0.0568. The Labute approximate surface area is 202 Å². The summed E-state index contributed by atoms with van der Waals surface area (Å²) >= 11 is 1.17. The smallest absolute Gasteiger partial charge is 0.416 e. The Kier molecular flexibility index (Phi) is 8.79. The first-order chi connectivity index (χ1) is 16.7. The summed E-state index contributed by atoms with van der Waals surface area (Å²) in [7, 11) is 0. The highest BCUT2D eigenvalue weighted by Crippen LogP contribution is 2.31. The van der Waals surface area contributed by atoms with E-state index >= 15 is 0 Å². The van der Waals surface area contributed by atoms with E-state index in [0.717, 1.165) is 12.1 Å². The van der Waals surface area contributed by atoms with Crippen LogP contribution in [0.3, 0.4) is 0 Å². The van der Waals surface area contributed by atoms with Crippen LogP contribution < -0.4 is 15.5 Å². The number of anilines is 2. The molecule has 0 saturated carbocycles. The fourth-order valence-electron chi connectivity index (χ4n) is 2.72. The molecule has 8 nitrogen and oxygen atoms in total. The van der Waals surface area contributed by atoms with Crippen LogP contribution in [0.5, 0.6) is 5.75 Å². The van der Waals surface area contributed by atoms with Crippen LogP contribution in [0, 0.1) is 0 Å². The van der Waals surface area contributed by atoms with Crippen LogP contribution in [-0.2, 0) is 26.9 Å². The molecule has 0 aliphatic heterocycles. The van der Waals surface area contributed by atoms with E-state index in [-0.39, 0.29) is 25.3 Å². The lowest BCUT2D eigenvalue weighted by Crippen LogP contribution is -2.19. The van der Waals surface area contributed by atoms with Gasteiger partial charge in [-0.05, 0) is 55.0 Å². The molecule has 3 rings (SSSR count). The lowest BCUT2D eigenvalue weighted by molar-refractivity contribution is -0.145. The highest BCUT2D eigenvalue weighted by atomic mass is 32.1. The lowest BCUT2D eigenvalue weighted by Gasteiger charge is -2.08. The molecule has 0 atom stereocenters. The third-order valence-corrected chi connectivity index (χ3v) is 5.09. The number of nitrogens with one attached hydrogen (secondary N) is 2. The number of carbonyl (C=O) groups excluding carboxylic acids is 2. The zero-order valence-corrected chi connectivity index (χ0v) is 19.3.